The van der Waals surface area contributed by atoms with E-state index in [1.807, 2.05) is 0 Å². The molecule has 3 nitrogen and oxygen atoms in total. The summed E-state index contributed by atoms with van der Waals surface area (Å²) in [5, 5.41) is 0. The third-order valence-electron chi connectivity index (χ3n) is 0.365. The average molecular weight is 162 g/mol. The molecule has 6 heteroatoms. The van der Waals surface area contributed by atoms with Gasteiger partial charge < -0.3 is 0 Å². The summed E-state index contributed by atoms with van der Waals surface area (Å²) in [5.41, 5.74) is 0. The second-order valence-corrected chi connectivity index (χ2v) is 2.71. The fraction of sp³-hybridized carbons (Fsp3) is 1.00. The lowest BCUT2D eigenvalue weighted by molar-refractivity contribution is 0.295. The van der Waals surface area contributed by atoms with Crippen LogP contribution in [0.2, 0.25) is 0 Å². The molecule has 0 radical (unpaired) electrons. The summed E-state index contributed by atoms with van der Waals surface area (Å²) in [4.78, 5) is 0. The van der Waals surface area contributed by atoms with Gasteiger partial charge in [-0.05, 0) is 6.92 Å². The van der Waals surface area contributed by atoms with Crippen molar-refractivity contribution in [2.24, 2.45) is 0 Å². The van der Waals surface area contributed by atoms with Crippen LogP contribution in [0.3, 0.4) is 0 Å². The number of alkyl halides is 2. The minimum absolute atomic E-state index is 0.201. The van der Waals surface area contributed by atoms with Crippen molar-refractivity contribution in [3.8, 4) is 0 Å². The molecule has 0 heterocycles. The minimum atomic E-state index is -3.66. The molecule has 0 aliphatic carbocycles. The smallest absolute Gasteiger partial charge is 0.264 e. The highest BCUT2D eigenvalue weighted by Crippen LogP contribution is 1.74. The van der Waals surface area contributed by atoms with E-state index in [9.17, 15) is 17.2 Å². The third-order valence-corrected chi connectivity index (χ3v) is 1.09. The molecule has 0 aliphatic rings. The lowest BCUT2D eigenvalue weighted by Gasteiger charge is -1.79. The normalized spacial score (nSPS) is 9.78. The van der Waals surface area contributed by atoms with Crippen LogP contribution in [0.25, 0.3) is 0 Å². The summed E-state index contributed by atoms with van der Waals surface area (Å²) in [6, 6.07) is 0. The van der Waals surface area contributed by atoms with Gasteiger partial charge in [0.05, 0.1) is 5.75 Å². The SMILES string of the molecule is CCS(=O)(=O)O.FCF. The largest absolute Gasteiger partial charge is 0.286 e. The van der Waals surface area contributed by atoms with Crippen molar-refractivity contribution in [2.75, 3.05) is 12.7 Å². The standard InChI is InChI=1S/C2H6O3S.CH2F2/c1-2-6(3,4)5;2-1-3/h2H2,1H3,(H,3,4,5);1H2. The molecule has 0 atom stereocenters. The van der Waals surface area contributed by atoms with Crippen LogP contribution >= 0.6 is 0 Å². The van der Waals surface area contributed by atoms with E-state index >= 15 is 0 Å². The zero-order valence-electron chi connectivity index (χ0n) is 4.84. The van der Waals surface area contributed by atoms with Gasteiger partial charge in [0.2, 0.25) is 6.93 Å². The molecule has 0 aliphatic heterocycles. The van der Waals surface area contributed by atoms with Crippen molar-refractivity contribution in [1.82, 2.24) is 0 Å². The molecule has 0 unspecified atom stereocenters. The van der Waals surface area contributed by atoms with Gasteiger partial charge in [-0.2, -0.15) is 8.42 Å². The number of halogens is 2. The van der Waals surface area contributed by atoms with Crippen molar-refractivity contribution in [2.45, 2.75) is 6.92 Å². The molecule has 0 saturated carbocycles. The fourth-order valence-electron chi connectivity index (χ4n) is 0. The topological polar surface area (TPSA) is 54.4 Å². The highest BCUT2D eigenvalue weighted by Gasteiger charge is 1.93. The zero-order chi connectivity index (χ0) is 7.91. The zero-order valence-corrected chi connectivity index (χ0v) is 5.66. The van der Waals surface area contributed by atoms with Gasteiger partial charge in [-0.25, -0.2) is 8.78 Å². The number of rotatable bonds is 1. The van der Waals surface area contributed by atoms with Crippen LogP contribution in [0, 0.1) is 0 Å². The van der Waals surface area contributed by atoms with Gasteiger partial charge >= 0.3 is 0 Å². The van der Waals surface area contributed by atoms with Gasteiger partial charge in [-0.3, -0.25) is 4.55 Å². The maximum absolute atomic E-state index is 9.62. The molecule has 58 valence electrons. The van der Waals surface area contributed by atoms with E-state index in [2.05, 4.69) is 0 Å². The summed E-state index contributed by atoms with van der Waals surface area (Å²) in [5.74, 6) is -0.201. The summed E-state index contributed by atoms with van der Waals surface area (Å²) < 4.78 is 46.2. The average Bonchev–Trinajstić information content (AvgIpc) is 1.67. The highest BCUT2D eigenvalue weighted by molar-refractivity contribution is 7.85. The predicted molar refractivity (Wildman–Crippen MR) is 29.2 cm³/mol. The van der Waals surface area contributed by atoms with E-state index < -0.39 is 17.0 Å². The van der Waals surface area contributed by atoms with Gasteiger partial charge in [-0.1, -0.05) is 0 Å². The fourth-order valence-corrected chi connectivity index (χ4v) is 0. The molecule has 0 amide bonds. The third kappa shape index (κ3) is 33.7. The number of hydrogen-bond donors (Lipinski definition) is 1. The molecular formula is C3H8F2O3S. The molecule has 0 rings (SSSR count). The Bertz CT molecular complexity index is 130. The van der Waals surface area contributed by atoms with Crippen LogP contribution in [-0.4, -0.2) is 25.7 Å². The van der Waals surface area contributed by atoms with Crippen LogP contribution in [0.15, 0.2) is 0 Å². The van der Waals surface area contributed by atoms with Crippen molar-refractivity contribution in [3.63, 3.8) is 0 Å². The molecule has 0 bridgehead atoms. The maximum Gasteiger partial charge on any atom is 0.264 e. The van der Waals surface area contributed by atoms with Crippen molar-refractivity contribution < 1.29 is 21.8 Å². The van der Waals surface area contributed by atoms with Gasteiger partial charge in [0, 0.05) is 0 Å². The number of hydrogen-bond acceptors (Lipinski definition) is 2. The second kappa shape index (κ2) is 5.90. The van der Waals surface area contributed by atoms with Crippen molar-refractivity contribution in [1.29, 1.82) is 0 Å². The molecule has 0 aromatic carbocycles. The van der Waals surface area contributed by atoms with Crippen LogP contribution in [0.4, 0.5) is 8.78 Å². The van der Waals surface area contributed by atoms with Gasteiger partial charge in [0.15, 0.2) is 0 Å². The van der Waals surface area contributed by atoms with E-state index in [4.69, 9.17) is 4.55 Å². The van der Waals surface area contributed by atoms with E-state index in [0.717, 1.165) is 0 Å². The Morgan fingerprint density at radius 2 is 1.56 bits per heavy atom. The molecule has 0 aromatic rings. The van der Waals surface area contributed by atoms with E-state index in [1.165, 1.54) is 6.92 Å². The molecular weight excluding hydrogens is 154 g/mol. The monoisotopic (exact) mass is 162 g/mol. The maximum atomic E-state index is 9.62. The van der Waals surface area contributed by atoms with E-state index in [1.54, 1.807) is 0 Å². The summed E-state index contributed by atoms with van der Waals surface area (Å²) >= 11 is 0. The molecule has 0 saturated heterocycles. The first kappa shape index (κ1) is 11.6. The lowest BCUT2D eigenvalue weighted by atomic mass is 11.0. The van der Waals surface area contributed by atoms with E-state index in [-0.39, 0.29) is 5.75 Å². The molecule has 9 heavy (non-hydrogen) atoms. The summed E-state index contributed by atoms with van der Waals surface area (Å²) in [7, 11) is -3.66. The molecule has 0 fully saturated rings. The lowest BCUT2D eigenvalue weighted by Crippen LogP contribution is -1.97. The van der Waals surface area contributed by atoms with E-state index in [0.29, 0.717) is 0 Å². The Labute approximate surface area is 52.4 Å². The van der Waals surface area contributed by atoms with Crippen LogP contribution < -0.4 is 0 Å². The Balaban J connectivity index is 0. The van der Waals surface area contributed by atoms with Crippen LogP contribution in [-0.2, 0) is 10.1 Å². The van der Waals surface area contributed by atoms with Crippen LogP contribution in [0.5, 0.6) is 0 Å². The Morgan fingerprint density at radius 1 is 1.44 bits per heavy atom. The quantitative estimate of drug-likeness (QED) is 0.579. The Hall–Kier alpha value is -0.230. The molecule has 0 spiro atoms. The minimum Gasteiger partial charge on any atom is -0.286 e. The van der Waals surface area contributed by atoms with Gasteiger partial charge in [-0.15, -0.1) is 0 Å². The first-order valence-electron chi connectivity index (χ1n) is 2.05. The highest BCUT2D eigenvalue weighted by atomic mass is 32.2. The van der Waals surface area contributed by atoms with Gasteiger partial charge in [0.1, 0.15) is 0 Å². The van der Waals surface area contributed by atoms with Gasteiger partial charge in [0.25, 0.3) is 10.1 Å². The second-order valence-electron chi connectivity index (χ2n) is 0.972. The van der Waals surface area contributed by atoms with Crippen LogP contribution in [0.1, 0.15) is 6.92 Å². The molecule has 1 N–H and O–H groups in total. The molecule has 0 aromatic heterocycles. The summed E-state index contributed by atoms with van der Waals surface area (Å²) in [6.45, 7) is -0.380. The first-order valence-corrected chi connectivity index (χ1v) is 3.66. The van der Waals surface area contributed by atoms with Crippen molar-refractivity contribution >= 4 is 10.1 Å². The predicted octanol–water partition coefficient (Wildman–Crippen LogP) is 0.777. The Kier molecular flexibility index (Phi) is 7.57. The van der Waals surface area contributed by atoms with Crippen molar-refractivity contribution in [3.05, 3.63) is 0 Å². The summed E-state index contributed by atoms with van der Waals surface area (Å²) in [6.07, 6.45) is 0. The first-order chi connectivity index (χ1) is 3.97. The Morgan fingerprint density at radius 3 is 1.56 bits per heavy atom.